The molecule has 124 valence electrons. The van der Waals surface area contributed by atoms with E-state index in [2.05, 4.69) is 0 Å². The van der Waals surface area contributed by atoms with Gasteiger partial charge in [-0.15, -0.1) is 0 Å². The molecule has 3 aromatic rings. The third kappa shape index (κ3) is 2.80. The highest BCUT2D eigenvalue weighted by molar-refractivity contribution is 5.93. The normalized spacial score (nSPS) is 10.9. The van der Waals surface area contributed by atoms with E-state index in [0.29, 0.717) is 12.0 Å². The average Bonchev–Trinajstić information content (AvgIpc) is 2.81. The van der Waals surface area contributed by atoms with Gasteiger partial charge in [0.25, 0.3) is 0 Å². The molecule has 0 atom stereocenters. The first-order valence-electron chi connectivity index (χ1n) is 7.64. The van der Waals surface area contributed by atoms with Crippen molar-refractivity contribution in [2.75, 3.05) is 7.11 Å². The van der Waals surface area contributed by atoms with Crippen LogP contribution in [0.1, 0.15) is 16.7 Å². The fourth-order valence-electron chi connectivity index (χ4n) is 3.07. The van der Waals surface area contributed by atoms with Crippen molar-refractivity contribution in [2.45, 2.75) is 12.8 Å². The van der Waals surface area contributed by atoms with Gasteiger partial charge in [-0.1, -0.05) is 24.3 Å². The Morgan fingerprint density at radius 3 is 2.50 bits per heavy atom. The molecule has 2 N–H and O–H groups in total. The number of hydrogen-bond acceptors (Lipinski definition) is 3. The van der Waals surface area contributed by atoms with Crippen molar-refractivity contribution in [3.8, 4) is 11.6 Å². The lowest BCUT2D eigenvalue weighted by atomic mass is 9.98. The smallest absolute Gasteiger partial charge is 0.308 e. The topological polar surface area (TPSA) is 71.7 Å². The van der Waals surface area contributed by atoms with Crippen molar-refractivity contribution < 1.29 is 19.7 Å². The standard InChI is InChI=1S/C19H19NO4/c1-20-16-5-3-4-13(10-12-6-8-14(24-2)9-7-12)18(16)15(19(20)23)11-17(21)22/h3-9,23H,10-11H2,1-2H3,(H,21,22). The number of aromatic nitrogens is 1. The summed E-state index contributed by atoms with van der Waals surface area (Å²) in [7, 11) is 3.36. The van der Waals surface area contributed by atoms with Crippen LogP contribution in [0.2, 0.25) is 0 Å². The lowest BCUT2D eigenvalue weighted by Crippen LogP contribution is -2.01. The highest BCUT2D eigenvalue weighted by Gasteiger charge is 2.19. The van der Waals surface area contributed by atoms with E-state index >= 15 is 0 Å². The molecular weight excluding hydrogens is 306 g/mol. The Hall–Kier alpha value is -2.95. The summed E-state index contributed by atoms with van der Waals surface area (Å²) >= 11 is 0. The fraction of sp³-hybridized carbons (Fsp3) is 0.211. The van der Waals surface area contributed by atoms with E-state index in [1.165, 1.54) is 0 Å². The molecular formula is C19H19NO4. The van der Waals surface area contributed by atoms with Gasteiger partial charge >= 0.3 is 5.97 Å². The molecule has 5 nitrogen and oxygen atoms in total. The summed E-state index contributed by atoms with van der Waals surface area (Å²) in [6.07, 6.45) is 0.445. The van der Waals surface area contributed by atoms with E-state index < -0.39 is 5.97 Å². The number of fused-ring (bicyclic) bond motifs is 1. The lowest BCUT2D eigenvalue weighted by Gasteiger charge is -2.07. The second-order valence-corrected chi connectivity index (χ2v) is 5.77. The van der Waals surface area contributed by atoms with Crippen LogP contribution in [0.15, 0.2) is 42.5 Å². The van der Waals surface area contributed by atoms with E-state index in [9.17, 15) is 9.90 Å². The number of ether oxygens (including phenoxy) is 1. The first-order valence-corrected chi connectivity index (χ1v) is 7.64. The second kappa shape index (κ2) is 6.28. The molecule has 24 heavy (non-hydrogen) atoms. The van der Waals surface area contributed by atoms with Gasteiger partial charge in [0.05, 0.1) is 19.0 Å². The van der Waals surface area contributed by atoms with Crippen LogP contribution in [-0.4, -0.2) is 27.9 Å². The Morgan fingerprint density at radius 1 is 1.17 bits per heavy atom. The van der Waals surface area contributed by atoms with Crippen LogP contribution < -0.4 is 4.74 Å². The number of hydrogen-bond donors (Lipinski definition) is 2. The molecule has 0 aliphatic carbocycles. The van der Waals surface area contributed by atoms with Gasteiger partial charge < -0.3 is 19.5 Å². The van der Waals surface area contributed by atoms with E-state index in [4.69, 9.17) is 9.84 Å². The maximum absolute atomic E-state index is 11.2. The minimum absolute atomic E-state index is 0.00887. The molecule has 0 spiro atoms. The first kappa shape index (κ1) is 15.9. The maximum atomic E-state index is 11.2. The molecule has 0 radical (unpaired) electrons. The fourth-order valence-corrected chi connectivity index (χ4v) is 3.07. The number of carboxylic acids is 1. The Labute approximate surface area is 139 Å². The van der Waals surface area contributed by atoms with Gasteiger partial charge in [0.2, 0.25) is 0 Å². The molecule has 0 aliphatic heterocycles. The number of benzene rings is 2. The number of aryl methyl sites for hydroxylation is 1. The summed E-state index contributed by atoms with van der Waals surface area (Å²) in [6.45, 7) is 0. The average molecular weight is 325 g/mol. The molecule has 0 saturated heterocycles. The van der Waals surface area contributed by atoms with E-state index in [1.54, 1.807) is 18.7 Å². The van der Waals surface area contributed by atoms with Gasteiger partial charge in [-0.2, -0.15) is 0 Å². The number of aliphatic carboxylic acids is 1. The SMILES string of the molecule is COc1ccc(Cc2cccc3c2c(CC(=O)O)c(O)n3C)cc1. The van der Waals surface area contributed by atoms with Gasteiger partial charge in [0, 0.05) is 18.0 Å². The van der Waals surface area contributed by atoms with Crippen LogP contribution in [-0.2, 0) is 24.7 Å². The third-order valence-corrected chi connectivity index (χ3v) is 4.26. The minimum atomic E-state index is -0.961. The van der Waals surface area contributed by atoms with Crippen LogP contribution >= 0.6 is 0 Å². The Bertz CT molecular complexity index is 894. The molecule has 1 aromatic heterocycles. The molecule has 0 amide bonds. The largest absolute Gasteiger partial charge is 0.497 e. The summed E-state index contributed by atoms with van der Waals surface area (Å²) in [5.74, 6) is -0.160. The summed E-state index contributed by atoms with van der Waals surface area (Å²) in [6, 6.07) is 13.5. The van der Waals surface area contributed by atoms with Crippen molar-refractivity contribution in [2.24, 2.45) is 7.05 Å². The second-order valence-electron chi connectivity index (χ2n) is 5.77. The molecule has 1 heterocycles. The van der Waals surface area contributed by atoms with Gasteiger partial charge in [-0.25, -0.2) is 0 Å². The summed E-state index contributed by atoms with van der Waals surface area (Å²) in [5.41, 5.74) is 3.37. The van der Waals surface area contributed by atoms with Crippen LogP contribution in [0.25, 0.3) is 10.9 Å². The quantitative estimate of drug-likeness (QED) is 0.756. The number of aromatic hydroxyl groups is 1. The zero-order chi connectivity index (χ0) is 17.3. The third-order valence-electron chi connectivity index (χ3n) is 4.26. The number of methoxy groups -OCH3 is 1. The van der Waals surface area contributed by atoms with Crippen LogP contribution in [0, 0.1) is 0 Å². The van der Waals surface area contributed by atoms with E-state index in [-0.39, 0.29) is 12.3 Å². The molecule has 0 saturated carbocycles. The summed E-state index contributed by atoms with van der Waals surface area (Å²) in [4.78, 5) is 11.2. The molecule has 5 heteroatoms. The summed E-state index contributed by atoms with van der Waals surface area (Å²) in [5, 5.41) is 20.3. The molecule has 0 aliphatic rings. The Balaban J connectivity index is 2.09. The molecule has 0 unspecified atom stereocenters. The highest BCUT2D eigenvalue weighted by Crippen LogP contribution is 2.34. The molecule has 2 aromatic carbocycles. The van der Waals surface area contributed by atoms with Crippen LogP contribution in [0.4, 0.5) is 0 Å². The zero-order valence-corrected chi connectivity index (χ0v) is 13.6. The van der Waals surface area contributed by atoms with Crippen molar-refractivity contribution >= 4 is 16.9 Å². The maximum Gasteiger partial charge on any atom is 0.308 e. The predicted molar refractivity (Wildman–Crippen MR) is 91.7 cm³/mol. The van der Waals surface area contributed by atoms with Crippen LogP contribution in [0.5, 0.6) is 11.6 Å². The zero-order valence-electron chi connectivity index (χ0n) is 13.6. The van der Waals surface area contributed by atoms with E-state index in [1.807, 2.05) is 42.5 Å². The lowest BCUT2D eigenvalue weighted by molar-refractivity contribution is -0.136. The predicted octanol–water partition coefficient (Wildman–Crippen LogP) is 3.11. The Kier molecular flexibility index (Phi) is 4.16. The Morgan fingerprint density at radius 2 is 1.88 bits per heavy atom. The van der Waals surface area contributed by atoms with Crippen molar-refractivity contribution in [3.05, 3.63) is 59.2 Å². The monoisotopic (exact) mass is 325 g/mol. The van der Waals surface area contributed by atoms with Gasteiger partial charge in [0.15, 0.2) is 5.88 Å². The first-order chi connectivity index (χ1) is 11.5. The van der Waals surface area contributed by atoms with Crippen LogP contribution in [0.3, 0.4) is 0 Å². The number of carbonyl (C=O) groups is 1. The highest BCUT2D eigenvalue weighted by atomic mass is 16.5. The number of carboxylic acid groups (broad SMARTS) is 1. The van der Waals surface area contributed by atoms with E-state index in [0.717, 1.165) is 27.8 Å². The molecule has 3 rings (SSSR count). The molecule has 0 fully saturated rings. The van der Waals surface area contributed by atoms with Crippen molar-refractivity contribution in [1.29, 1.82) is 0 Å². The number of rotatable bonds is 5. The van der Waals surface area contributed by atoms with Gasteiger partial charge in [-0.05, 0) is 35.7 Å². The number of nitrogens with zero attached hydrogens (tertiary/aromatic N) is 1. The van der Waals surface area contributed by atoms with Gasteiger partial charge in [0.1, 0.15) is 5.75 Å². The minimum Gasteiger partial charge on any atom is -0.497 e. The molecule has 0 bridgehead atoms. The van der Waals surface area contributed by atoms with Crippen molar-refractivity contribution in [1.82, 2.24) is 4.57 Å². The summed E-state index contributed by atoms with van der Waals surface area (Å²) < 4.78 is 6.80. The van der Waals surface area contributed by atoms with Gasteiger partial charge in [-0.3, -0.25) is 4.79 Å². The van der Waals surface area contributed by atoms with Crippen molar-refractivity contribution in [3.63, 3.8) is 0 Å².